The molecule has 0 saturated carbocycles. The summed E-state index contributed by atoms with van der Waals surface area (Å²) in [6.07, 6.45) is 1.75. The molecule has 29 heavy (non-hydrogen) atoms. The minimum Gasteiger partial charge on any atom is -0.342 e. The fourth-order valence-corrected chi connectivity index (χ4v) is 5.58. The normalized spacial score (nSPS) is 11.9. The third-order valence-corrected chi connectivity index (χ3v) is 7.20. The molecule has 1 amide bonds. The van der Waals surface area contributed by atoms with E-state index in [9.17, 15) is 4.79 Å². The maximum atomic E-state index is 12.6. The molecule has 2 aromatic heterocycles. The quantitative estimate of drug-likeness (QED) is 0.309. The summed E-state index contributed by atoms with van der Waals surface area (Å²) in [6.45, 7) is 0. The van der Waals surface area contributed by atoms with E-state index >= 15 is 0 Å². The molecule has 0 aliphatic rings. The molecule has 1 atom stereocenters. The van der Waals surface area contributed by atoms with Crippen molar-refractivity contribution >= 4 is 52.6 Å². The highest BCUT2D eigenvalue weighted by Crippen LogP contribution is 2.26. The Morgan fingerprint density at radius 3 is 2.55 bits per heavy atom. The molecular weight excluding hydrogens is 441 g/mol. The summed E-state index contributed by atoms with van der Waals surface area (Å²) in [6, 6.07) is 19.3. The molecule has 0 spiro atoms. The van der Waals surface area contributed by atoms with Crippen LogP contribution in [0.3, 0.4) is 0 Å². The van der Waals surface area contributed by atoms with Gasteiger partial charge in [0.15, 0.2) is 8.29 Å². The monoisotopic (exact) mass is 456 g/mol. The molecule has 5 nitrogen and oxygen atoms in total. The van der Waals surface area contributed by atoms with Crippen LogP contribution in [0.4, 0.5) is 0 Å². The van der Waals surface area contributed by atoms with Gasteiger partial charge in [0.2, 0.25) is 5.91 Å². The minimum atomic E-state index is -0.260. The lowest BCUT2D eigenvalue weighted by molar-refractivity contribution is -0.119. The standard InChI is InChI=1S/C20H16N4OS4/c25-16(22-17(18-21-11-12-27-18)14-7-3-1-4-8-14)13-28-19-23-24(20(26)29-19)15-9-5-2-6-10-15/h1-12,17H,13H2,(H,22,25). The zero-order valence-electron chi connectivity index (χ0n) is 15.1. The number of nitrogens with one attached hydrogen (secondary N) is 1. The van der Waals surface area contributed by atoms with Crippen LogP contribution in [-0.2, 0) is 4.79 Å². The van der Waals surface area contributed by atoms with Crippen LogP contribution in [0, 0.1) is 3.95 Å². The summed E-state index contributed by atoms with van der Waals surface area (Å²) in [5.74, 6) is 0.178. The van der Waals surface area contributed by atoms with E-state index in [0.717, 1.165) is 20.6 Å². The maximum absolute atomic E-state index is 12.6. The first-order valence-electron chi connectivity index (χ1n) is 8.73. The van der Waals surface area contributed by atoms with Crippen LogP contribution in [0.1, 0.15) is 16.6 Å². The molecule has 2 aromatic carbocycles. The van der Waals surface area contributed by atoms with Crippen molar-refractivity contribution in [3.63, 3.8) is 0 Å². The number of thioether (sulfide) groups is 1. The highest BCUT2D eigenvalue weighted by atomic mass is 32.2. The Labute approximate surface area is 185 Å². The van der Waals surface area contributed by atoms with Gasteiger partial charge in [-0.1, -0.05) is 71.6 Å². The van der Waals surface area contributed by atoms with Crippen molar-refractivity contribution in [1.29, 1.82) is 0 Å². The van der Waals surface area contributed by atoms with E-state index in [2.05, 4.69) is 15.4 Å². The Kier molecular flexibility index (Phi) is 6.50. The van der Waals surface area contributed by atoms with Crippen LogP contribution >= 0.6 is 46.7 Å². The Bertz CT molecular complexity index is 1120. The van der Waals surface area contributed by atoms with Crippen molar-refractivity contribution in [2.24, 2.45) is 0 Å². The summed E-state index contributed by atoms with van der Waals surface area (Å²) in [4.78, 5) is 17.0. The number of aromatic nitrogens is 3. The number of carbonyl (C=O) groups is 1. The van der Waals surface area contributed by atoms with Gasteiger partial charge in [-0.25, -0.2) is 9.67 Å². The molecule has 2 heterocycles. The summed E-state index contributed by atoms with van der Waals surface area (Å²) >= 11 is 9.73. The summed E-state index contributed by atoms with van der Waals surface area (Å²) in [5.41, 5.74) is 1.92. The molecule has 0 radical (unpaired) electrons. The van der Waals surface area contributed by atoms with Gasteiger partial charge in [0.05, 0.1) is 11.4 Å². The van der Waals surface area contributed by atoms with Crippen LogP contribution < -0.4 is 5.32 Å². The molecule has 0 aliphatic heterocycles. The van der Waals surface area contributed by atoms with Gasteiger partial charge in [-0.3, -0.25) is 4.79 Å². The second-order valence-corrected chi connectivity index (χ2v) is 9.72. The molecule has 0 saturated heterocycles. The van der Waals surface area contributed by atoms with E-state index in [1.54, 1.807) is 10.9 Å². The van der Waals surface area contributed by atoms with E-state index < -0.39 is 0 Å². The van der Waals surface area contributed by atoms with Crippen molar-refractivity contribution in [1.82, 2.24) is 20.1 Å². The van der Waals surface area contributed by atoms with Gasteiger partial charge in [-0.15, -0.1) is 16.4 Å². The van der Waals surface area contributed by atoms with Crippen LogP contribution in [-0.4, -0.2) is 26.4 Å². The lowest BCUT2D eigenvalue weighted by atomic mass is 10.1. The van der Waals surface area contributed by atoms with Gasteiger partial charge in [0.1, 0.15) is 11.0 Å². The molecule has 0 fully saturated rings. The number of nitrogens with zero attached hydrogens (tertiary/aromatic N) is 3. The van der Waals surface area contributed by atoms with E-state index in [0.29, 0.717) is 3.95 Å². The molecule has 9 heteroatoms. The van der Waals surface area contributed by atoms with Gasteiger partial charge in [-0.05, 0) is 29.9 Å². The second-order valence-electron chi connectivity index (χ2n) is 5.95. The van der Waals surface area contributed by atoms with Gasteiger partial charge >= 0.3 is 0 Å². The molecule has 146 valence electrons. The summed E-state index contributed by atoms with van der Waals surface area (Å²) < 4.78 is 3.14. The topological polar surface area (TPSA) is 59.8 Å². The smallest absolute Gasteiger partial charge is 0.231 e. The van der Waals surface area contributed by atoms with Crippen molar-refractivity contribution in [3.8, 4) is 5.69 Å². The molecular formula is C20H16N4OS4. The first kappa shape index (κ1) is 20.0. The van der Waals surface area contributed by atoms with Crippen LogP contribution in [0.2, 0.25) is 0 Å². The lowest BCUT2D eigenvalue weighted by Crippen LogP contribution is -2.30. The first-order chi connectivity index (χ1) is 14.2. The molecule has 0 bridgehead atoms. The Morgan fingerprint density at radius 2 is 1.86 bits per heavy atom. The molecule has 0 aliphatic carbocycles. The average Bonchev–Trinajstić information content (AvgIpc) is 3.42. The number of benzene rings is 2. The number of carbonyl (C=O) groups excluding carboxylic acids is 1. The fourth-order valence-electron chi connectivity index (χ4n) is 2.69. The number of thiazole rings is 1. The van der Waals surface area contributed by atoms with Crippen LogP contribution in [0.25, 0.3) is 5.69 Å². The highest BCUT2D eigenvalue weighted by molar-refractivity contribution is 8.01. The Morgan fingerprint density at radius 1 is 1.14 bits per heavy atom. The van der Waals surface area contributed by atoms with E-state index in [1.165, 1.54) is 34.4 Å². The predicted molar refractivity (Wildman–Crippen MR) is 122 cm³/mol. The average molecular weight is 457 g/mol. The van der Waals surface area contributed by atoms with E-state index in [-0.39, 0.29) is 17.7 Å². The molecule has 1 N–H and O–H groups in total. The zero-order valence-corrected chi connectivity index (χ0v) is 18.4. The lowest BCUT2D eigenvalue weighted by Gasteiger charge is -2.16. The van der Waals surface area contributed by atoms with Crippen molar-refractivity contribution in [3.05, 3.63) is 86.8 Å². The maximum Gasteiger partial charge on any atom is 0.231 e. The molecule has 4 aromatic rings. The van der Waals surface area contributed by atoms with Gasteiger partial charge in [0.25, 0.3) is 0 Å². The minimum absolute atomic E-state index is 0.0774. The number of amides is 1. The van der Waals surface area contributed by atoms with Gasteiger partial charge in [0, 0.05) is 11.6 Å². The second kappa shape index (κ2) is 9.45. The highest BCUT2D eigenvalue weighted by Gasteiger charge is 2.19. The predicted octanol–water partition coefficient (Wildman–Crippen LogP) is 5.12. The number of rotatable bonds is 7. The summed E-state index contributed by atoms with van der Waals surface area (Å²) in [5, 5.41) is 10.4. The largest absolute Gasteiger partial charge is 0.342 e. The number of hydrogen-bond donors (Lipinski definition) is 1. The molecule has 4 rings (SSSR count). The Balaban J connectivity index is 1.44. The van der Waals surface area contributed by atoms with Gasteiger partial charge in [-0.2, -0.15) is 0 Å². The van der Waals surface area contributed by atoms with Crippen LogP contribution in [0.5, 0.6) is 0 Å². The van der Waals surface area contributed by atoms with Crippen molar-refractivity contribution in [2.45, 2.75) is 10.4 Å². The number of para-hydroxylation sites is 1. The first-order valence-corrected chi connectivity index (χ1v) is 11.8. The summed E-state index contributed by atoms with van der Waals surface area (Å²) in [7, 11) is 0. The third-order valence-electron chi connectivity index (χ3n) is 3.99. The Hall–Kier alpha value is -2.33. The van der Waals surface area contributed by atoms with E-state index in [4.69, 9.17) is 12.2 Å². The van der Waals surface area contributed by atoms with Crippen LogP contribution in [0.15, 0.2) is 76.6 Å². The molecule has 1 unspecified atom stereocenters. The third kappa shape index (κ3) is 4.99. The fraction of sp³-hybridized carbons (Fsp3) is 0.100. The van der Waals surface area contributed by atoms with E-state index in [1.807, 2.05) is 66.0 Å². The van der Waals surface area contributed by atoms with Crippen molar-refractivity contribution in [2.75, 3.05) is 5.75 Å². The number of hydrogen-bond acceptors (Lipinski definition) is 7. The SMILES string of the molecule is O=C(CSc1nn(-c2ccccc2)c(=S)s1)NC(c1ccccc1)c1nccs1. The van der Waals surface area contributed by atoms with Gasteiger partial charge < -0.3 is 5.32 Å². The zero-order chi connectivity index (χ0) is 20.1. The van der Waals surface area contributed by atoms with Crippen molar-refractivity contribution < 1.29 is 4.79 Å².